The Labute approximate surface area is 87.3 Å². The van der Waals surface area contributed by atoms with Gasteiger partial charge in [-0.05, 0) is 6.92 Å². The van der Waals surface area contributed by atoms with E-state index in [1.807, 2.05) is 6.07 Å². The van der Waals surface area contributed by atoms with Crippen LogP contribution in [0.2, 0.25) is 0 Å². The Morgan fingerprint density at radius 3 is 2.73 bits per heavy atom. The first kappa shape index (κ1) is 10.9. The molecule has 6 heteroatoms. The summed E-state index contributed by atoms with van der Waals surface area (Å²) in [7, 11) is 1.56. The van der Waals surface area contributed by atoms with Crippen molar-refractivity contribution in [2.45, 2.75) is 13.0 Å². The molecule has 0 aliphatic carbocycles. The molecule has 2 N–H and O–H groups in total. The molecule has 6 nitrogen and oxygen atoms in total. The van der Waals surface area contributed by atoms with E-state index in [2.05, 4.69) is 20.6 Å². The minimum Gasteiger partial charge on any atom is -0.357 e. The number of carbonyl (C=O) groups is 1. The lowest BCUT2D eigenvalue weighted by atomic mass is 10.3. The molecule has 1 aromatic heterocycles. The zero-order valence-corrected chi connectivity index (χ0v) is 8.48. The fraction of sp³-hybridized carbons (Fsp3) is 0.333. The highest BCUT2D eigenvalue weighted by Crippen LogP contribution is 2.02. The normalized spacial score (nSPS) is 11.3. The number of nitriles is 1. The topological polar surface area (TPSA) is 90.7 Å². The van der Waals surface area contributed by atoms with Crippen molar-refractivity contribution in [1.29, 1.82) is 5.26 Å². The zero-order chi connectivity index (χ0) is 11.3. The van der Waals surface area contributed by atoms with Crippen LogP contribution in [0.25, 0.3) is 0 Å². The highest BCUT2D eigenvalue weighted by molar-refractivity contribution is 5.83. The first-order chi connectivity index (χ1) is 7.17. The predicted octanol–water partition coefficient (Wildman–Crippen LogP) is -0.105. The molecule has 1 unspecified atom stereocenters. The summed E-state index contributed by atoms with van der Waals surface area (Å²) >= 11 is 0. The Morgan fingerprint density at radius 2 is 2.27 bits per heavy atom. The molecule has 0 aliphatic heterocycles. The summed E-state index contributed by atoms with van der Waals surface area (Å²) in [6.07, 6.45) is 2.76. The van der Waals surface area contributed by atoms with E-state index in [0.717, 1.165) is 0 Å². The van der Waals surface area contributed by atoms with Crippen LogP contribution in [-0.4, -0.2) is 29.0 Å². The van der Waals surface area contributed by atoms with Gasteiger partial charge in [-0.2, -0.15) is 5.26 Å². The number of aromatic nitrogens is 2. The van der Waals surface area contributed by atoms with E-state index in [9.17, 15) is 4.79 Å². The lowest BCUT2D eigenvalue weighted by molar-refractivity contribution is -0.121. The molecule has 1 heterocycles. The molecule has 0 saturated heterocycles. The van der Waals surface area contributed by atoms with Crippen molar-refractivity contribution in [3.63, 3.8) is 0 Å². The SMILES string of the molecule is CNC(=O)C(C)Nc1cnc(C#N)cn1. The van der Waals surface area contributed by atoms with E-state index >= 15 is 0 Å². The van der Waals surface area contributed by atoms with Crippen LogP contribution in [0.3, 0.4) is 0 Å². The van der Waals surface area contributed by atoms with Gasteiger partial charge in [0.25, 0.3) is 0 Å². The predicted molar refractivity (Wildman–Crippen MR) is 53.9 cm³/mol. The average molecular weight is 205 g/mol. The molecule has 0 fully saturated rings. The van der Waals surface area contributed by atoms with Crippen LogP contribution in [0.1, 0.15) is 12.6 Å². The van der Waals surface area contributed by atoms with Crippen molar-refractivity contribution >= 4 is 11.7 Å². The first-order valence-electron chi connectivity index (χ1n) is 4.37. The Kier molecular flexibility index (Phi) is 3.57. The maximum atomic E-state index is 11.2. The van der Waals surface area contributed by atoms with E-state index in [0.29, 0.717) is 5.82 Å². The van der Waals surface area contributed by atoms with E-state index in [1.54, 1.807) is 14.0 Å². The van der Waals surface area contributed by atoms with Crippen LogP contribution >= 0.6 is 0 Å². The van der Waals surface area contributed by atoms with Gasteiger partial charge in [0.05, 0.1) is 12.4 Å². The molecular formula is C9H11N5O. The molecule has 0 spiro atoms. The number of nitrogens with zero attached hydrogens (tertiary/aromatic N) is 3. The summed E-state index contributed by atoms with van der Waals surface area (Å²) in [5.74, 6) is 0.325. The van der Waals surface area contributed by atoms with E-state index < -0.39 is 6.04 Å². The lowest BCUT2D eigenvalue weighted by Gasteiger charge is -2.11. The Bertz CT molecular complexity index is 380. The van der Waals surface area contributed by atoms with Crippen molar-refractivity contribution in [2.75, 3.05) is 12.4 Å². The zero-order valence-electron chi connectivity index (χ0n) is 8.48. The van der Waals surface area contributed by atoms with Gasteiger partial charge in [-0.25, -0.2) is 9.97 Å². The number of rotatable bonds is 3. The number of carbonyl (C=O) groups excluding carboxylic acids is 1. The number of hydrogen-bond donors (Lipinski definition) is 2. The van der Waals surface area contributed by atoms with Crippen molar-refractivity contribution in [3.8, 4) is 6.07 Å². The Hall–Kier alpha value is -2.16. The number of hydrogen-bond acceptors (Lipinski definition) is 5. The van der Waals surface area contributed by atoms with Crippen LogP contribution in [0, 0.1) is 11.3 Å². The Balaban J connectivity index is 2.66. The minimum absolute atomic E-state index is 0.138. The molecule has 0 aromatic carbocycles. The fourth-order valence-corrected chi connectivity index (χ4v) is 0.964. The van der Waals surface area contributed by atoms with Gasteiger partial charge in [-0.3, -0.25) is 4.79 Å². The smallest absolute Gasteiger partial charge is 0.241 e. The second kappa shape index (κ2) is 4.91. The average Bonchev–Trinajstić information content (AvgIpc) is 2.29. The maximum Gasteiger partial charge on any atom is 0.241 e. The highest BCUT2D eigenvalue weighted by atomic mass is 16.2. The molecule has 0 bridgehead atoms. The van der Waals surface area contributed by atoms with Crippen LogP contribution in [0.5, 0.6) is 0 Å². The molecule has 1 aromatic rings. The lowest BCUT2D eigenvalue weighted by Crippen LogP contribution is -2.35. The molecule has 15 heavy (non-hydrogen) atoms. The molecular weight excluding hydrogens is 194 g/mol. The van der Waals surface area contributed by atoms with Gasteiger partial charge >= 0.3 is 0 Å². The van der Waals surface area contributed by atoms with E-state index in [1.165, 1.54) is 12.4 Å². The van der Waals surface area contributed by atoms with Crippen molar-refractivity contribution < 1.29 is 4.79 Å². The third kappa shape index (κ3) is 2.91. The number of likely N-dealkylation sites (N-methyl/N-ethyl adjacent to an activating group) is 1. The van der Waals surface area contributed by atoms with Gasteiger partial charge < -0.3 is 10.6 Å². The third-order valence-electron chi connectivity index (χ3n) is 1.77. The van der Waals surface area contributed by atoms with Gasteiger partial charge in [0.15, 0.2) is 5.69 Å². The molecule has 0 radical (unpaired) electrons. The minimum atomic E-state index is -0.391. The van der Waals surface area contributed by atoms with E-state index in [-0.39, 0.29) is 11.6 Å². The molecule has 1 amide bonds. The second-order valence-electron chi connectivity index (χ2n) is 2.88. The molecule has 0 saturated carbocycles. The van der Waals surface area contributed by atoms with E-state index in [4.69, 9.17) is 5.26 Å². The maximum absolute atomic E-state index is 11.2. The van der Waals surface area contributed by atoms with Gasteiger partial charge in [0.2, 0.25) is 5.91 Å². The van der Waals surface area contributed by atoms with Crippen molar-refractivity contribution in [3.05, 3.63) is 18.1 Å². The number of anilines is 1. The highest BCUT2D eigenvalue weighted by Gasteiger charge is 2.10. The standard InChI is InChI=1S/C9H11N5O/c1-6(9(15)11-2)14-8-5-12-7(3-10)4-13-8/h4-6H,1-2H3,(H,11,15)(H,13,14). The Morgan fingerprint density at radius 1 is 1.53 bits per heavy atom. The summed E-state index contributed by atoms with van der Waals surface area (Å²) in [5, 5.41) is 13.9. The quantitative estimate of drug-likeness (QED) is 0.718. The summed E-state index contributed by atoms with van der Waals surface area (Å²) in [6.45, 7) is 1.71. The summed E-state index contributed by atoms with van der Waals surface area (Å²) in [4.78, 5) is 18.9. The van der Waals surface area contributed by atoms with Crippen molar-refractivity contribution in [1.82, 2.24) is 15.3 Å². The monoisotopic (exact) mass is 205 g/mol. The first-order valence-corrected chi connectivity index (χ1v) is 4.37. The van der Waals surface area contributed by atoms with Crippen molar-refractivity contribution in [2.24, 2.45) is 0 Å². The van der Waals surface area contributed by atoms with Crippen LogP contribution < -0.4 is 10.6 Å². The molecule has 1 rings (SSSR count). The molecule has 1 atom stereocenters. The van der Waals surface area contributed by atoms with Crippen LogP contribution in [0.4, 0.5) is 5.82 Å². The summed E-state index contributed by atoms with van der Waals surface area (Å²) in [6, 6.07) is 1.47. The van der Waals surface area contributed by atoms with Gasteiger partial charge in [-0.1, -0.05) is 0 Å². The van der Waals surface area contributed by atoms with Gasteiger partial charge in [0, 0.05) is 7.05 Å². The van der Waals surface area contributed by atoms with Gasteiger partial charge in [-0.15, -0.1) is 0 Å². The molecule has 0 aliphatic rings. The molecule has 78 valence electrons. The van der Waals surface area contributed by atoms with Crippen LogP contribution in [0.15, 0.2) is 12.4 Å². The number of nitrogens with one attached hydrogen (secondary N) is 2. The van der Waals surface area contributed by atoms with Gasteiger partial charge in [0.1, 0.15) is 17.9 Å². The second-order valence-corrected chi connectivity index (χ2v) is 2.88. The number of amides is 1. The third-order valence-corrected chi connectivity index (χ3v) is 1.77. The van der Waals surface area contributed by atoms with Crippen LogP contribution in [-0.2, 0) is 4.79 Å². The largest absolute Gasteiger partial charge is 0.357 e. The summed E-state index contributed by atoms with van der Waals surface area (Å²) < 4.78 is 0. The fourth-order valence-electron chi connectivity index (χ4n) is 0.964. The summed E-state index contributed by atoms with van der Waals surface area (Å²) in [5.41, 5.74) is 0.244.